The van der Waals surface area contributed by atoms with Crippen molar-refractivity contribution in [3.63, 3.8) is 0 Å². The predicted molar refractivity (Wildman–Crippen MR) is 131 cm³/mol. The second kappa shape index (κ2) is 11.8. The number of carbonyl (C=O) groups excluding carboxylic acids is 1. The van der Waals surface area contributed by atoms with Crippen LogP contribution in [0.1, 0.15) is 35.5 Å². The van der Waals surface area contributed by atoms with Crippen LogP contribution in [0.15, 0.2) is 54.6 Å². The van der Waals surface area contributed by atoms with E-state index in [1.807, 2.05) is 26.0 Å². The number of aliphatic hydroxyl groups is 2. The van der Waals surface area contributed by atoms with Crippen molar-refractivity contribution >= 4 is 5.91 Å². The van der Waals surface area contributed by atoms with E-state index in [0.29, 0.717) is 28.5 Å². The average Bonchev–Trinajstić information content (AvgIpc) is 2.90. The van der Waals surface area contributed by atoms with Gasteiger partial charge >= 0.3 is 0 Å². The molecule has 1 atom stereocenters. The normalized spacial score (nSPS) is 12.6. The monoisotopic (exact) mass is 482 g/mol. The van der Waals surface area contributed by atoms with Crippen molar-refractivity contribution in [2.24, 2.45) is 0 Å². The molecule has 0 aliphatic carbocycles. The first kappa shape index (κ1) is 26.1. The number of pyridine rings is 1. The summed E-state index contributed by atoms with van der Waals surface area (Å²) in [6.07, 6.45) is 0.752. The number of rotatable bonds is 11. The first-order chi connectivity index (χ1) is 16.8. The molecule has 0 aliphatic heterocycles. The standard InChI is InChI=1S/C27H31FN2O5/c1-4-18-13-22(19-5-8-21(28)9-6-19)30-25(14-18)27(2,17-32)16-29-26(33)20-7-10-23(35-12-11-31)24(15-20)34-3/h5-10,13-15,31-32H,4,11-12,16-17H2,1-3H3,(H,29,33). The molecule has 0 fully saturated rings. The van der Waals surface area contributed by atoms with Crippen LogP contribution in [-0.4, -0.2) is 54.6 Å². The van der Waals surface area contributed by atoms with E-state index in [0.717, 1.165) is 17.5 Å². The highest BCUT2D eigenvalue weighted by atomic mass is 19.1. The van der Waals surface area contributed by atoms with Gasteiger partial charge in [0.05, 0.1) is 37.1 Å². The second-order valence-electron chi connectivity index (χ2n) is 8.45. The van der Waals surface area contributed by atoms with E-state index in [1.165, 1.54) is 19.2 Å². The number of aromatic nitrogens is 1. The van der Waals surface area contributed by atoms with Gasteiger partial charge in [0, 0.05) is 17.7 Å². The van der Waals surface area contributed by atoms with Gasteiger partial charge in [-0.2, -0.15) is 0 Å². The minimum Gasteiger partial charge on any atom is -0.493 e. The summed E-state index contributed by atoms with van der Waals surface area (Å²) in [6.45, 7) is 3.72. The van der Waals surface area contributed by atoms with Crippen molar-refractivity contribution in [2.45, 2.75) is 25.7 Å². The van der Waals surface area contributed by atoms with E-state index in [9.17, 15) is 14.3 Å². The van der Waals surface area contributed by atoms with Crippen molar-refractivity contribution in [1.82, 2.24) is 10.3 Å². The van der Waals surface area contributed by atoms with Crippen molar-refractivity contribution in [3.8, 4) is 22.8 Å². The summed E-state index contributed by atoms with van der Waals surface area (Å²) in [5.41, 5.74) is 2.59. The maximum absolute atomic E-state index is 13.4. The number of amides is 1. The summed E-state index contributed by atoms with van der Waals surface area (Å²) >= 11 is 0. The van der Waals surface area contributed by atoms with Gasteiger partial charge in [-0.25, -0.2) is 4.39 Å². The van der Waals surface area contributed by atoms with Crippen LogP contribution in [0, 0.1) is 5.82 Å². The van der Waals surface area contributed by atoms with Gasteiger partial charge in [-0.3, -0.25) is 9.78 Å². The molecule has 186 valence electrons. The number of aliphatic hydroxyl groups excluding tert-OH is 2. The molecule has 0 saturated carbocycles. The topological polar surface area (TPSA) is 101 Å². The van der Waals surface area contributed by atoms with Crippen LogP contribution in [0.3, 0.4) is 0 Å². The Morgan fingerprint density at radius 2 is 1.83 bits per heavy atom. The Labute approximate surface area is 204 Å². The number of methoxy groups -OCH3 is 1. The van der Waals surface area contributed by atoms with Gasteiger partial charge in [-0.05, 0) is 66.6 Å². The fourth-order valence-corrected chi connectivity index (χ4v) is 3.56. The molecule has 0 bridgehead atoms. The number of ether oxygens (including phenoxy) is 2. The molecule has 35 heavy (non-hydrogen) atoms. The number of benzene rings is 2. The smallest absolute Gasteiger partial charge is 0.251 e. The summed E-state index contributed by atoms with van der Waals surface area (Å²) in [7, 11) is 1.47. The molecule has 3 aromatic rings. The van der Waals surface area contributed by atoms with Crippen LogP contribution < -0.4 is 14.8 Å². The molecule has 3 rings (SSSR count). The molecule has 3 N–H and O–H groups in total. The highest BCUT2D eigenvalue weighted by Crippen LogP contribution is 2.29. The number of halogens is 1. The molecule has 0 saturated heterocycles. The summed E-state index contributed by atoms with van der Waals surface area (Å²) in [5, 5.41) is 22.1. The maximum Gasteiger partial charge on any atom is 0.251 e. The second-order valence-corrected chi connectivity index (χ2v) is 8.45. The lowest BCUT2D eigenvalue weighted by atomic mass is 9.85. The molecule has 0 radical (unpaired) electrons. The van der Waals surface area contributed by atoms with E-state index >= 15 is 0 Å². The van der Waals surface area contributed by atoms with E-state index in [4.69, 9.17) is 19.6 Å². The lowest BCUT2D eigenvalue weighted by molar-refractivity contribution is 0.0932. The van der Waals surface area contributed by atoms with Crippen LogP contribution in [0.2, 0.25) is 0 Å². The molecule has 2 aromatic carbocycles. The van der Waals surface area contributed by atoms with Gasteiger partial charge in [0.25, 0.3) is 5.91 Å². The summed E-state index contributed by atoms with van der Waals surface area (Å²) in [6, 6.07) is 14.7. The Kier molecular flexibility index (Phi) is 8.78. The zero-order valence-corrected chi connectivity index (χ0v) is 20.2. The third kappa shape index (κ3) is 6.35. The highest BCUT2D eigenvalue weighted by Gasteiger charge is 2.29. The van der Waals surface area contributed by atoms with Gasteiger partial charge in [0.2, 0.25) is 0 Å². The number of nitrogens with zero attached hydrogens (tertiary/aromatic N) is 1. The Hall–Kier alpha value is -3.49. The summed E-state index contributed by atoms with van der Waals surface area (Å²) in [5.74, 6) is 0.125. The lowest BCUT2D eigenvalue weighted by Crippen LogP contribution is -2.42. The number of hydrogen-bond donors (Lipinski definition) is 3. The van der Waals surface area contributed by atoms with Crippen molar-refractivity contribution in [1.29, 1.82) is 0 Å². The molecule has 1 amide bonds. The number of aryl methyl sites for hydroxylation is 1. The van der Waals surface area contributed by atoms with Gasteiger partial charge in [0.1, 0.15) is 12.4 Å². The third-order valence-corrected chi connectivity index (χ3v) is 5.81. The van der Waals surface area contributed by atoms with E-state index in [2.05, 4.69) is 5.32 Å². The van der Waals surface area contributed by atoms with E-state index in [-0.39, 0.29) is 38.1 Å². The number of nitrogens with one attached hydrogen (secondary N) is 1. The van der Waals surface area contributed by atoms with Gasteiger partial charge in [-0.1, -0.05) is 13.8 Å². The molecule has 1 heterocycles. The maximum atomic E-state index is 13.4. The summed E-state index contributed by atoms with van der Waals surface area (Å²) in [4.78, 5) is 17.6. The fraction of sp³-hybridized carbons (Fsp3) is 0.333. The lowest BCUT2D eigenvalue weighted by Gasteiger charge is -2.28. The number of carbonyl (C=O) groups is 1. The SMILES string of the molecule is CCc1cc(-c2ccc(F)cc2)nc(C(C)(CO)CNC(=O)c2ccc(OCCO)c(OC)c2)c1. The summed E-state index contributed by atoms with van der Waals surface area (Å²) < 4.78 is 24.1. The Morgan fingerprint density at radius 3 is 2.46 bits per heavy atom. The quantitative estimate of drug-likeness (QED) is 0.387. The van der Waals surface area contributed by atoms with Crippen molar-refractivity contribution in [2.75, 3.05) is 33.5 Å². The zero-order valence-electron chi connectivity index (χ0n) is 20.2. The van der Waals surface area contributed by atoms with E-state index < -0.39 is 5.41 Å². The van der Waals surface area contributed by atoms with E-state index in [1.54, 1.807) is 30.3 Å². The molecule has 0 aliphatic rings. The van der Waals surface area contributed by atoms with Crippen LogP contribution in [0.25, 0.3) is 11.3 Å². The van der Waals surface area contributed by atoms with Crippen molar-refractivity contribution < 1.29 is 28.9 Å². The average molecular weight is 483 g/mol. The molecule has 1 aromatic heterocycles. The van der Waals surface area contributed by atoms with Crippen LogP contribution in [0.5, 0.6) is 11.5 Å². The predicted octanol–water partition coefficient (Wildman–Crippen LogP) is 3.51. The minimum absolute atomic E-state index is 0.112. The largest absolute Gasteiger partial charge is 0.493 e. The zero-order chi connectivity index (χ0) is 25.4. The molecule has 8 heteroatoms. The van der Waals surface area contributed by atoms with Gasteiger partial charge in [0.15, 0.2) is 11.5 Å². The Bertz CT molecular complexity index is 1150. The minimum atomic E-state index is -0.857. The first-order valence-corrected chi connectivity index (χ1v) is 11.4. The molecular formula is C27H31FN2O5. The fourth-order valence-electron chi connectivity index (χ4n) is 3.56. The van der Waals surface area contributed by atoms with Crippen molar-refractivity contribution in [3.05, 3.63) is 77.2 Å². The third-order valence-electron chi connectivity index (χ3n) is 5.81. The highest BCUT2D eigenvalue weighted by molar-refractivity contribution is 5.95. The van der Waals surface area contributed by atoms with Crippen LogP contribution in [-0.2, 0) is 11.8 Å². The molecule has 7 nitrogen and oxygen atoms in total. The van der Waals surface area contributed by atoms with Gasteiger partial charge in [-0.15, -0.1) is 0 Å². The van der Waals surface area contributed by atoms with Gasteiger partial charge < -0.3 is 25.0 Å². The molecule has 1 unspecified atom stereocenters. The van der Waals surface area contributed by atoms with Crippen LogP contribution >= 0.6 is 0 Å². The van der Waals surface area contributed by atoms with Crippen LogP contribution in [0.4, 0.5) is 4.39 Å². The first-order valence-electron chi connectivity index (χ1n) is 11.4. The Balaban J connectivity index is 1.83. The number of hydrogen-bond acceptors (Lipinski definition) is 6. The Morgan fingerprint density at radius 1 is 1.09 bits per heavy atom. The molecule has 0 spiro atoms. The molecular weight excluding hydrogens is 451 g/mol.